The Morgan fingerprint density at radius 3 is 2.47 bits per heavy atom. The topological polar surface area (TPSA) is 24.9 Å². The molecule has 0 aromatic carbocycles. The van der Waals surface area contributed by atoms with E-state index in [0.717, 1.165) is 5.56 Å². The minimum Gasteiger partial charge on any atom is -0.309 e. The summed E-state index contributed by atoms with van der Waals surface area (Å²) in [6.07, 6.45) is 3.00. The first-order valence-electron chi connectivity index (χ1n) is 5.25. The lowest BCUT2D eigenvalue weighted by atomic mass is 10.1. The van der Waals surface area contributed by atoms with Crippen LogP contribution >= 0.6 is 0 Å². The van der Waals surface area contributed by atoms with Gasteiger partial charge in [0.1, 0.15) is 6.17 Å². The third-order valence-corrected chi connectivity index (χ3v) is 2.06. The summed E-state index contributed by atoms with van der Waals surface area (Å²) < 4.78 is 13.5. The van der Waals surface area contributed by atoms with Gasteiger partial charge in [0.2, 0.25) is 0 Å². The zero-order chi connectivity index (χ0) is 11.3. The maximum Gasteiger partial charge on any atom is 0.117 e. The molecular formula is C12H19FN2. The van der Waals surface area contributed by atoms with Crippen molar-refractivity contribution in [3.63, 3.8) is 0 Å². The molecule has 0 fully saturated rings. The lowest BCUT2D eigenvalue weighted by Crippen LogP contribution is -2.40. The molecule has 3 heteroatoms. The van der Waals surface area contributed by atoms with E-state index in [9.17, 15) is 4.39 Å². The minimum absolute atomic E-state index is 0.0252. The lowest BCUT2D eigenvalue weighted by molar-refractivity contribution is 0.284. The second-order valence-electron chi connectivity index (χ2n) is 4.79. The Hall–Kier alpha value is -0.960. The molecule has 0 amide bonds. The molecule has 0 spiro atoms. The summed E-state index contributed by atoms with van der Waals surface area (Å²) in [5.74, 6) is 0. The molecule has 0 saturated heterocycles. The van der Waals surface area contributed by atoms with Crippen LogP contribution in [0.5, 0.6) is 0 Å². The quantitative estimate of drug-likeness (QED) is 0.825. The maximum atomic E-state index is 13.5. The summed E-state index contributed by atoms with van der Waals surface area (Å²) in [6, 6.07) is 3.70. The second-order valence-corrected chi connectivity index (χ2v) is 4.79. The van der Waals surface area contributed by atoms with Gasteiger partial charge in [-0.3, -0.25) is 4.98 Å². The molecule has 1 unspecified atom stereocenters. The van der Waals surface area contributed by atoms with E-state index in [4.69, 9.17) is 0 Å². The van der Waals surface area contributed by atoms with Crippen LogP contribution < -0.4 is 5.32 Å². The highest BCUT2D eigenvalue weighted by Gasteiger charge is 2.13. The van der Waals surface area contributed by atoms with Crippen LogP contribution in [-0.2, 0) is 6.42 Å². The average molecular weight is 210 g/mol. The molecule has 0 radical (unpaired) electrons. The number of rotatable bonds is 4. The van der Waals surface area contributed by atoms with Crippen LogP contribution in [0.25, 0.3) is 0 Å². The summed E-state index contributed by atoms with van der Waals surface area (Å²) in [4.78, 5) is 3.90. The zero-order valence-corrected chi connectivity index (χ0v) is 9.63. The van der Waals surface area contributed by atoms with Gasteiger partial charge >= 0.3 is 0 Å². The van der Waals surface area contributed by atoms with Gasteiger partial charge in [0.15, 0.2) is 0 Å². The predicted octanol–water partition coefficient (Wildman–Crippen LogP) is 2.35. The molecule has 1 aromatic rings. The fourth-order valence-corrected chi connectivity index (χ4v) is 1.26. The highest BCUT2D eigenvalue weighted by atomic mass is 19.1. The van der Waals surface area contributed by atoms with E-state index in [0.29, 0.717) is 13.0 Å². The number of nitrogens with one attached hydrogen (secondary N) is 1. The Kier molecular flexibility index (Phi) is 4.21. The van der Waals surface area contributed by atoms with Crippen LogP contribution in [0.3, 0.4) is 0 Å². The van der Waals surface area contributed by atoms with Gasteiger partial charge < -0.3 is 5.32 Å². The van der Waals surface area contributed by atoms with Crippen molar-refractivity contribution >= 4 is 0 Å². The fourth-order valence-electron chi connectivity index (χ4n) is 1.26. The molecule has 0 saturated carbocycles. The smallest absolute Gasteiger partial charge is 0.117 e. The third kappa shape index (κ3) is 5.47. The first kappa shape index (κ1) is 12.1. The molecule has 1 rings (SSSR count). The van der Waals surface area contributed by atoms with Crippen molar-refractivity contribution in [2.45, 2.75) is 38.9 Å². The van der Waals surface area contributed by atoms with Crippen molar-refractivity contribution in [3.8, 4) is 0 Å². The van der Waals surface area contributed by atoms with E-state index in [1.54, 1.807) is 12.4 Å². The van der Waals surface area contributed by atoms with E-state index in [-0.39, 0.29) is 5.54 Å². The molecule has 1 N–H and O–H groups in total. The number of hydrogen-bond acceptors (Lipinski definition) is 2. The van der Waals surface area contributed by atoms with Gasteiger partial charge in [-0.1, -0.05) is 0 Å². The van der Waals surface area contributed by atoms with E-state index in [1.807, 2.05) is 32.9 Å². The SMILES string of the molecule is CC(C)(C)NCC(F)Cc1ccncc1. The van der Waals surface area contributed by atoms with Gasteiger partial charge in [-0.2, -0.15) is 0 Å². The molecule has 0 aliphatic rings. The van der Waals surface area contributed by atoms with E-state index in [1.165, 1.54) is 0 Å². The first-order chi connectivity index (χ1) is 6.97. The Balaban J connectivity index is 2.34. The van der Waals surface area contributed by atoms with Crippen molar-refractivity contribution in [1.29, 1.82) is 0 Å². The lowest BCUT2D eigenvalue weighted by Gasteiger charge is -2.22. The highest BCUT2D eigenvalue weighted by Crippen LogP contribution is 2.06. The minimum atomic E-state index is -0.841. The van der Waals surface area contributed by atoms with Crippen molar-refractivity contribution in [3.05, 3.63) is 30.1 Å². The Morgan fingerprint density at radius 1 is 1.33 bits per heavy atom. The summed E-state index contributed by atoms with van der Waals surface area (Å²) in [7, 11) is 0. The summed E-state index contributed by atoms with van der Waals surface area (Å²) >= 11 is 0. The number of halogens is 1. The largest absolute Gasteiger partial charge is 0.309 e. The van der Waals surface area contributed by atoms with Crippen molar-refractivity contribution in [1.82, 2.24) is 10.3 Å². The molecule has 1 heterocycles. The van der Waals surface area contributed by atoms with Gasteiger partial charge in [-0.25, -0.2) is 4.39 Å². The standard InChI is InChI=1S/C12H19FN2/c1-12(2,3)15-9-11(13)8-10-4-6-14-7-5-10/h4-7,11,15H,8-9H2,1-3H3. The van der Waals surface area contributed by atoms with Gasteiger partial charge in [0.25, 0.3) is 0 Å². The molecule has 1 aromatic heterocycles. The fraction of sp³-hybridized carbons (Fsp3) is 0.583. The molecule has 84 valence electrons. The summed E-state index contributed by atoms with van der Waals surface area (Å²) in [5, 5.41) is 3.15. The van der Waals surface area contributed by atoms with E-state index in [2.05, 4.69) is 10.3 Å². The van der Waals surface area contributed by atoms with E-state index < -0.39 is 6.17 Å². The summed E-state index contributed by atoms with van der Waals surface area (Å²) in [5.41, 5.74) is 0.968. The molecule has 2 nitrogen and oxygen atoms in total. The Morgan fingerprint density at radius 2 is 1.93 bits per heavy atom. The highest BCUT2D eigenvalue weighted by molar-refractivity contribution is 5.10. The molecule has 0 bridgehead atoms. The normalized spacial score (nSPS) is 13.9. The van der Waals surface area contributed by atoms with Crippen LogP contribution in [0.15, 0.2) is 24.5 Å². The van der Waals surface area contributed by atoms with Crippen LogP contribution in [0.1, 0.15) is 26.3 Å². The number of pyridine rings is 1. The van der Waals surface area contributed by atoms with Gasteiger partial charge in [-0.05, 0) is 38.5 Å². The van der Waals surface area contributed by atoms with Crippen molar-refractivity contribution in [2.75, 3.05) is 6.54 Å². The zero-order valence-electron chi connectivity index (χ0n) is 9.63. The van der Waals surface area contributed by atoms with Crippen LogP contribution in [0, 0.1) is 0 Å². The number of nitrogens with zero attached hydrogens (tertiary/aromatic N) is 1. The monoisotopic (exact) mass is 210 g/mol. The number of hydrogen-bond donors (Lipinski definition) is 1. The Labute approximate surface area is 90.9 Å². The van der Waals surface area contributed by atoms with Crippen LogP contribution in [-0.4, -0.2) is 23.2 Å². The summed E-state index contributed by atoms with van der Waals surface area (Å²) in [6.45, 7) is 6.50. The third-order valence-electron chi connectivity index (χ3n) is 2.06. The average Bonchev–Trinajstić information content (AvgIpc) is 2.15. The Bertz CT molecular complexity index is 279. The predicted molar refractivity (Wildman–Crippen MR) is 60.6 cm³/mol. The molecule has 15 heavy (non-hydrogen) atoms. The van der Waals surface area contributed by atoms with Gasteiger partial charge in [-0.15, -0.1) is 0 Å². The van der Waals surface area contributed by atoms with E-state index >= 15 is 0 Å². The molecule has 0 aliphatic carbocycles. The van der Waals surface area contributed by atoms with Crippen LogP contribution in [0.2, 0.25) is 0 Å². The second kappa shape index (κ2) is 5.21. The van der Waals surface area contributed by atoms with Gasteiger partial charge in [0, 0.05) is 30.9 Å². The number of alkyl halides is 1. The van der Waals surface area contributed by atoms with Gasteiger partial charge in [0.05, 0.1) is 0 Å². The van der Waals surface area contributed by atoms with Crippen molar-refractivity contribution in [2.24, 2.45) is 0 Å². The van der Waals surface area contributed by atoms with Crippen LogP contribution in [0.4, 0.5) is 4.39 Å². The molecular weight excluding hydrogens is 191 g/mol. The molecule has 1 atom stereocenters. The first-order valence-corrected chi connectivity index (χ1v) is 5.25. The maximum absolute atomic E-state index is 13.5. The van der Waals surface area contributed by atoms with Crippen molar-refractivity contribution < 1.29 is 4.39 Å². The number of aromatic nitrogens is 1. The molecule has 0 aliphatic heterocycles.